The molecule has 0 N–H and O–H groups in total. The fraction of sp³-hybridized carbons (Fsp3) is 0.263. The number of rotatable bonds is 6. The molecule has 3 rings (SSSR count). The second-order valence-corrected chi connectivity index (χ2v) is 7.27. The van der Waals surface area contributed by atoms with Gasteiger partial charge in [0.2, 0.25) is 0 Å². The number of thioether (sulfide) groups is 1. The van der Waals surface area contributed by atoms with E-state index >= 15 is 0 Å². The van der Waals surface area contributed by atoms with E-state index in [4.69, 9.17) is 16.3 Å². The largest absolute Gasteiger partial charge is 0.483 e. The SMILES string of the molecule is Cc1ccc(OC(C)c2nnc(SCc3ccc(Cl)cc3)n2C)cc1. The number of benzene rings is 2. The van der Waals surface area contributed by atoms with Crippen LogP contribution in [-0.2, 0) is 12.8 Å². The molecule has 0 spiro atoms. The molecule has 1 atom stereocenters. The molecule has 0 aliphatic rings. The van der Waals surface area contributed by atoms with Gasteiger partial charge in [0.1, 0.15) is 5.75 Å². The molecule has 0 fully saturated rings. The molecule has 1 aromatic heterocycles. The minimum absolute atomic E-state index is 0.176. The first kappa shape index (κ1) is 17.8. The van der Waals surface area contributed by atoms with Crippen LogP contribution in [0.4, 0.5) is 0 Å². The number of aryl methyl sites for hydroxylation is 1. The molecule has 0 bridgehead atoms. The van der Waals surface area contributed by atoms with Crippen molar-refractivity contribution in [1.29, 1.82) is 0 Å². The lowest BCUT2D eigenvalue weighted by Crippen LogP contribution is -2.10. The Hall–Kier alpha value is -1.98. The summed E-state index contributed by atoms with van der Waals surface area (Å²) in [5.74, 6) is 2.45. The van der Waals surface area contributed by atoms with Crippen LogP contribution < -0.4 is 4.74 Å². The van der Waals surface area contributed by atoms with Gasteiger partial charge < -0.3 is 9.30 Å². The van der Waals surface area contributed by atoms with Crippen LogP contribution in [0.25, 0.3) is 0 Å². The topological polar surface area (TPSA) is 39.9 Å². The third kappa shape index (κ3) is 4.55. The van der Waals surface area contributed by atoms with Crippen LogP contribution in [0.15, 0.2) is 53.7 Å². The number of aromatic nitrogens is 3. The number of halogens is 1. The molecule has 0 aliphatic carbocycles. The first-order valence-corrected chi connectivity index (χ1v) is 9.39. The normalized spacial score (nSPS) is 12.2. The summed E-state index contributed by atoms with van der Waals surface area (Å²) in [5, 5.41) is 10.2. The Morgan fingerprint density at radius 3 is 2.44 bits per heavy atom. The standard InChI is InChI=1S/C19H20ClN3OS/c1-13-4-10-17(11-5-13)24-14(2)18-21-22-19(23(18)3)25-12-15-6-8-16(20)9-7-15/h4-11,14H,12H2,1-3H3. The highest BCUT2D eigenvalue weighted by Gasteiger charge is 2.17. The van der Waals surface area contributed by atoms with Crippen molar-refractivity contribution in [2.75, 3.05) is 0 Å². The molecule has 2 aromatic carbocycles. The summed E-state index contributed by atoms with van der Waals surface area (Å²) in [7, 11) is 1.97. The lowest BCUT2D eigenvalue weighted by molar-refractivity contribution is 0.211. The van der Waals surface area contributed by atoms with Gasteiger partial charge in [-0.1, -0.05) is 53.2 Å². The number of hydrogen-bond donors (Lipinski definition) is 0. The summed E-state index contributed by atoms with van der Waals surface area (Å²) in [6.45, 7) is 4.04. The summed E-state index contributed by atoms with van der Waals surface area (Å²) in [4.78, 5) is 0. The average Bonchev–Trinajstić information content (AvgIpc) is 2.97. The molecule has 0 saturated heterocycles. The van der Waals surface area contributed by atoms with Crippen LogP contribution in [0.3, 0.4) is 0 Å². The highest BCUT2D eigenvalue weighted by atomic mass is 35.5. The molecule has 6 heteroatoms. The van der Waals surface area contributed by atoms with E-state index in [1.54, 1.807) is 11.8 Å². The van der Waals surface area contributed by atoms with Gasteiger partial charge in [0.25, 0.3) is 0 Å². The summed E-state index contributed by atoms with van der Waals surface area (Å²) in [6, 6.07) is 15.9. The van der Waals surface area contributed by atoms with Gasteiger partial charge in [-0.25, -0.2) is 0 Å². The van der Waals surface area contributed by atoms with Crippen molar-refractivity contribution >= 4 is 23.4 Å². The van der Waals surface area contributed by atoms with Crippen molar-refractivity contribution in [2.45, 2.75) is 30.9 Å². The second-order valence-electron chi connectivity index (χ2n) is 5.89. The highest BCUT2D eigenvalue weighted by molar-refractivity contribution is 7.98. The van der Waals surface area contributed by atoms with Crippen LogP contribution in [-0.4, -0.2) is 14.8 Å². The molecular weight excluding hydrogens is 354 g/mol. The van der Waals surface area contributed by atoms with Gasteiger partial charge in [0.05, 0.1) is 0 Å². The molecule has 1 unspecified atom stereocenters. The molecule has 3 aromatic rings. The van der Waals surface area contributed by atoms with E-state index < -0.39 is 0 Å². The third-order valence-corrected chi connectivity index (χ3v) is 5.19. The predicted molar refractivity (Wildman–Crippen MR) is 102 cm³/mol. The summed E-state index contributed by atoms with van der Waals surface area (Å²) < 4.78 is 7.96. The Morgan fingerprint density at radius 1 is 1.08 bits per heavy atom. The predicted octanol–water partition coefficient (Wildman–Crippen LogP) is 5.21. The quantitative estimate of drug-likeness (QED) is 0.556. The van der Waals surface area contributed by atoms with E-state index in [2.05, 4.69) is 17.1 Å². The van der Waals surface area contributed by atoms with E-state index in [1.807, 2.05) is 67.1 Å². The zero-order valence-electron chi connectivity index (χ0n) is 14.4. The molecular formula is C19H20ClN3OS. The van der Waals surface area contributed by atoms with Crippen molar-refractivity contribution in [3.8, 4) is 5.75 Å². The Labute approximate surface area is 157 Å². The average molecular weight is 374 g/mol. The molecule has 4 nitrogen and oxygen atoms in total. The number of nitrogens with zero attached hydrogens (tertiary/aromatic N) is 3. The van der Waals surface area contributed by atoms with Crippen molar-refractivity contribution in [3.05, 3.63) is 70.5 Å². The first-order chi connectivity index (χ1) is 12.0. The molecule has 0 amide bonds. The van der Waals surface area contributed by atoms with Crippen LogP contribution >= 0.6 is 23.4 Å². The van der Waals surface area contributed by atoms with Crippen molar-refractivity contribution < 1.29 is 4.74 Å². The Kier molecular flexibility index (Phi) is 5.66. The molecule has 0 saturated carbocycles. The van der Waals surface area contributed by atoms with E-state index in [0.717, 1.165) is 27.5 Å². The van der Waals surface area contributed by atoms with Crippen LogP contribution in [0.5, 0.6) is 5.75 Å². The van der Waals surface area contributed by atoms with Crippen molar-refractivity contribution in [1.82, 2.24) is 14.8 Å². The van der Waals surface area contributed by atoms with Gasteiger partial charge >= 0.3 is 0 Å². The van der Waals surface area contributed by atoms with Crippen LogP contribution in [0.2, 0.25) is 5.02 Å². The van der Waals surface area contributed by atoms with Gasteiger partial charge in [-0.2, -0.15) is 0 Å². The first-order valence-electron chi connectivity index (χ1n) is 8.03. The molecule has 1 heterocycles. The summed E-state index contributed by atoms with van der Waals surface area (Å²) in [6.07, 6.45) is -0.176. The maximum Gasteiger partial charge on any atom is 0.191 e. The lowest BCUT2D eigenvalue weighted by Gasteiger charge is -2.14. The molecule has 130 valence electrons. The third-order valence-electron chi connectivity index (χ3n) is 3.85. The lowest BCUT2D eigenvalue weighted by atomic mass is 10.2. The van der Waals surface area contributed by atoms with E-state index in [-0.39, 0.29) is 6.10 Å². The minimum atomic E-state index is -0.176. The number of ether oxygens (including phenoxy) is 1. The zero-order chi connectivity index (χ0) is 17.8. The fourth-order valence-corrected chi connectivity index (χ4v) is 3.41. The van der Waals surface area contributed by atoms with Crippen LogP contribution in [0.1, 0.15) is 30.0 Å². The van der Waals surface area contributed by atoms with E-state index in [9.17, 15) is 0 Å². The van der Waals surface area contributed by atoms with Gasteiger partial charge in [-0.05, 0) is 43.7 Å². The van der Waals surface area contributed by atoms with Gasteiger partial charge in [-0.3, -0.25) is 0 Å². The van der Waals surface area contributed by atoms with Crippen molar-refractivity contribution in [3.63, 3.8) is 0 Å². The number of hydrogen-bond acceptors (Lipinski definition) is 4. The van der Waals surface area contributed by atoms with Gasteiger partial charge in [0, 0.05) is 17.8 Å². The molecule has 0 aliphatic heterocycles. The van der Waals surface area contributed by atoms with Gasteiger partial charge in [-0.15, -0.1) is 10.2 Å². The molecule has 0 radical (unpaired) electrons. The minimum Gasteiger partial charge on any atom is -0.483 e. The summed E-state index contributed by atoms with van der Waals surface area (Å²) >= 11 is 7.56. The molecule has 25 heavy (non-hydrogen) atoms. The Balaban J connectivity index is 1.65. The van der Waals surface area contributed by atoms with E-state index in [1.165, 1.54) is 11.1 Å². The maximum absolute atomic E-state index is 5.98. The smallest absolute Gasteiger partial charge is 0.191 e. The monoisotopic (exact) mass is 373 g/mol. The Bertz CT molecular complexity index is 831. The fourth-order valence-electron chi connectivity index (χ4n) is 2.41. The summed E-state index contributed by atoms with van der Waals surface area (Å²) in [5.41, 5.74) is 2.41. The maximum atomic E-state index is 5.98. The second kappa shape index (κ2) is 7.93. The highest BCUT2D eigenvalue weighted by Crippen LogP contribution is 2.26. The van der Waals surface area contributed by atoms with E-state index in [0.29, 0.717) is 0 Å². The Morgan fingerprint density at radius 2 is 1.76 bits per heavy atom. The van der Waals surface area contributed by atoms with Crippen LogP contribution in [0, 0.1) is 6.92 Å². The zero-order valence-corrected chi connectivity index (χ0v) is 16.0. The van der Waals surface area contributed by atoms with Crippen molar-refractivity contribution in [2.24, 2.45) is 7.05 Å². The van der Waals surface area contributed by atoms with Gasteiger partial charge in [0.15, 0.2) is 17.1 Å².